The molecule has 0 saturated heterocycles. The molecule has 3 nitrogen and oxygen atoms in total. The second kappa shape index (κ2) is 7.69. The van der Waals surface area contributed by atoms with Gasteiger partial charge in [0.05, 0.1) is 30.2 Å². The summed E-state index contributed by atoms with van der Waals surface area (Å²) in [4.78, 5) is 1.15. The fourth-order valence-corrected chi connectivity index (χ4v) is 3.43. The number of thiophene rings is 1. The molecule has 5 heteroatoms. The lowest BCUT2D eigenvalue weighted by molar-refractivity contribution is 0.377. The highest BCUT2D eigenvalue weighted by atomic mass is 35.5. The highest BCUT2D eigenvalue weighted by molar-refractivity contribution is 7.16. The molecule has 1 N–H and O–H groups in total. The summed E-state index contributed by atoms with van der Waals surface area (Å²) in [6.45, 7) is 3.05. The molecule has 0 bridgehead atoms. The quantitative estimate of drug-likeness (QED) is 0.812. The van der Waals surface area contributed by atoms with Crippen LogP contribution >= 0.6 is 22.9 Å². The smallest absolute Gasteiger partial charge is 0.127 e. The summed E-state index contributed by atoms with van der Waals surface area (Å²) in [6.07, 6.45) is 1.05. The third-order valence-corrected chi connectivity index (χ3v) is 4.53. The molecule has 0 amide bonds. The number of benzene rings is 1. The third-order valence-electron chi connectivity index (χ3n) is 3.23. The first-order chi connectivity index (χ1) is 10.2. The molecule has 0 aliphatic rings. The summed E-state index contributed by atoms with van der Waals surface area (Å²) in [7, 11) is 3.35. The van der Waals surface area contributed by atoms with E-state index in [-0.39, 0.29) is 6.04 Å². The van der Waals surface area contributed by atoms with Gasteiger partial charge in [-0.3, -0.25) is 0 Å². The number of halogens is 1. The average Bonchev–Trinajstić information content (AvgIpc) is 2.94. The SMILES string of the molecule is CCCNC(c1ccc(Cl)s1)c1c(OC)cccc1OC. The zero-order chi connectivity index (χ0) is 15.2. The third kappa shape index (κ3) is 3.70. The van der Waals surface area contributed by atoms with E-state index in [1.54, 1.807) is 25.6 Å². The van der Waals surface area contributed by atoms with Gasteiger partial charge in [0.2, 0.25) is 0 Å². The largest absolute Gasteiger partial charge is 0.496 e. The second-order valence-corrected chi connectivity index (χ2v) is 6.35. The van der Waals surface area contributed by atoms with Gasteiger partial charge in [-0.15, -0.1) is 11.3 Å². The van der Waals surface area contributed by atoms with Crippen LogP contribution in [0.2, 0.25) is 4.34 Å². The molecule has 114 valence electrons. The lowest BCUT2D eigenvalue weighted by Gasteiger charge is -2.22. The molecule has 0 saturated carbocycles. The first kappa shape index (κ1) is 16.1. The monoisotopic (exact) mass is 325 g/mol. The van der Waals surface area contributed by atoms with Crippen LogP contribution in [0.1, 0.15) is 29.8 Å². The summed E-state index contributed by atoms with van der Waals surface area (Å²) in [6, 6.07) is 9.81. The summed E-state index contributed by atoms with van der Waals surface area (Å²) in [5.41, 5.74) is 1.01. The van der Waals surface area contributed by atoms with Gasteiger partial charge < -0.3 is 14.8 Å². The normalized spacial score (nSPS) is 12.2. The Bertz CT molecular complexity index is 563. The van der Waals surface area contributed by atoms with Crippen molar-refractivity contribution >= 4 is 22.9 Å². The zero-order valence-corrected chi connectivity index (χ0v) is 14.1. The molecule has 1 aromatic carbocycles. The molecule has 0 fully saturated rings. The number of nitrogens with one attached hydrogen (secondary N) is 1. The average molecular weight is 326 g/mol. The fraction of sp³-hybridized carbons (Fsp3) is 0.375. The number of ether oxygens (including phenoxy) is 2. The highest BCUT2D eigenvalue weighted by Gasteiger charge is 2.23. The molecule has 1 aromatic heterocycles. The Balaban J connectivity index is 2.50. The van der Waals surface area contributed by atoms with Crippen molar-refractivity contribution in [1.29, 1.82) is 0 Å². The number of hydrogen-bond acceptors (Lipinski definition) is 4. The van der Waals surface area contributed by atoms with E-state index in [9.17, 15) is 0 Å². The van der Waals surface area contributed by atoms with Crippen molar-refractivity contribution in [2.75, 3.05) is 20.8 Å². The van der Waals surface area contributed by atoms with Crippen LogP contribution < -0.4 is 14.8 Å². The van der Waals surface area contributed by atoms with Crippen molar-refractivity contribution in [2.24, 2.45) is 0 Å². The topological polar surface area (TPSA) is 30.5 Å². The zero-order valence-electron chi connectivity index (χ0n) is 12.5. The molecule has 2 aromatic rings. The first-order valence-corrected chi connectivity index (χ1v) is 8.10. The molecule has 0 radical (unpaired) electrons. The van der Waals surface area contributed by atoms with Crippen molar-refractivity contribution in [3.63, 3.8) is 0 Å². The number of hydrogen-bond donors (Lipinski definition) is 1. The van der Waals surface area contributed by atoms with Gasteiger partial charge in [-0.1, -0.05) is 24.6 Å². The van der Waals surface area contributed by atoms with Gasteiger partial charge in [0.1, 0.15) is 11.5 Å². The molecule has 1 unspecified atom stereocenters. The Morgan fingerprint density at radius 2 is 1.81 bits per heavy atom. The Morgan fingerprint density at radius 1 is 1.14 bits per heavy atom. The van der Waals surface area contributed by atoms with E-state index in [4.69, 9.17) is 21.1 Å². The molecular formula is C16H20ClNO2S. The van der Waals surface area contributed by atoms with Crippen LogP contribution in [0.25, 0.3) is 0 Å². The van der Waals surface area contributed by atoms with E-state index < -0.39 is 0 Å². The Kier molecular flexibility index (Phi) is 5.91. The Hall–Kier alpha value is -1.23. The summed E-state index contributed by atoms with van der Waals surface area (Å²) in [5.74, 6) is 1.62. The van der Waals surface area contributed by atoms with E-state index in [0.717, 1.165) is 39.2 Å². The van der Waals surface area contributed by atoms with Gasteiger partial charge in [-0.2, -0.15) is 0 Å². The van der Waals surface area contributed by atoms with Crippen LogP contribution in [0.5, 0.6) is 11.5 Å². The lowest BCUT2D eigenvalue weighted by atomic mass is 10.0. The Morgan fingerprint density at radius 3 is 2.29 bits per heavy atom. The number of rotatable bonds is 7. The number of methoxy groups -OCH3 is 2. The maximum Gasteiger partial charge on any atom is 0.127 e. The van der Waals surface area contributed by atoms with E-state index in [1.165, 1.54) is 0 Å². The van der Waals surface area contributed by atoms with Crippen molar-refractivity contribution in [3.05, 3.63) is 45.1 Å². The molecule has 1 atom stereocenters. The minimum Gasteiger partial charge on any atom is -0.496 e. The minimum absolute atomic E-state index is 0.00792. The van der Waals surface area contributed by atoms with Crippen molar-refractivity contribution in [3.8, 4) is 11.5 Å². The van der Waals surface area contributed by atoms with E-state index in [0.29, 0.717) is 0 Å². The maximum atomic E-state index is 6.10. The van der Waals surface area contributed by atoms with E-state index >= 15 is 0 Å². The molecule has 0 spiro atoms. The maximum absolute atomic E-state index is 6.10. The first-order valence-electron chi connectivity index (χ1n) is 6.90. The van der Waals surface area contributed by atoms with Gasteiger partial charge in [0.25, 0.3) is 0 Å². The molecule has 2 rings (SSSR count). The van der Waals surface area contributed by atoms with Crippen LogP contribution in [-0.2, 0) is 0 Å². The molecule has 0 aliphatic carbocycles. The Labute approximate surface area is 134 Å². The highest BCUT2D eigenvalue weighted by Crippen LogP contribution is 2.40. The van der Waals surface area contributed by atoms with Crippen molar-refractivity contribution in [1.82, 2.24) is 5.32 Å². The van der Waals surface area contributed by atoms with Crippen LogP contribution in [-0.4, -0.2) is 20.8 Å². The predicted molar refractivity (Wildman–Crippen MR) is 89.0 cm³/mol. The van der Waals surface area contributed by atoms with Gasteiger partial charge >= 0.3 is 0 Å². The lowest BCUT2D eigenvalue weighted by Crippen LogP contribution is -2.23. The molecular weight excluding hydrogens is 306 g/mol. The molecule has 21 heavy (non-hydrogen) atoms. The fourth-order valence-electron chi connectivity index (χ4n) is 2.28. The molecule has 1 heterocycles. The minimum atomic E-state index is 0.00792. The van der Waals surface area contributed by atoms with Gasteiger partial charge in [0.15, 0.2) is 0 Å². The summed E-state index contributed by atoms with van der Waals surface area (Å²) < 4.78 is 11.8. The van der Waals surface area contributed by atoms with Gasteiger partial charge in [-0.05, 0) is 37.2 Å². The van der Waals surface area contributed by atoms with Gasteiger partial charge in [0, 0.05) is 4.88 Å². The van der Waals surface area contributed by atoms with Crippen molar-refractivity contribution in [2.45, 2.75) is 19.4 Å². The van der Waals surface area contributed by atoms with Crippen LogP contribution in [0.15, 0.2) is 30.3 Å². The van der Waals surface area contributed by atoms with Crippen LogP contribution in [0.4, 0.5) is 0 Å². The van der Waals surface area contributed by atoms with Crippen LogP contribution in [0, 0.1) is 0 Å². The molecule has 0 aliphatic heterocycles. The van der Waals surface area contributed by atoms with Crippen LogP contribution in [0.3, 0.4) is 0 Å². The van der Waals surface area contributed by atoms with Crippen molar-refractivity contribution < 1.29 is 9.47 Å². The summed E-state index contributed by atoms with van der Waals surface area (Å²) >= 11 is 7.67. The van der Waals surface area contributed by atoms with E-state index in [1.807, 2.05) is 30.3 Å². The van der Waals surface area contributed by atoms with Gasteiger partial charge in [-0.25, -0.2) is 0 Å². The van der Waals surface area contributed by atoms with E-state index in [2.05, 4.69) is 12.2 Å². The second-order valence-electron chi connectivity index (χ2n) is 4.61. The standard InChI is InChI=1S/C16H20ClNO2S/c1-4-10-18-16(13-8-9-14(17)21-13)15-11(19-2)6-5-7-12(15)20-3/h5-9,16,18H,4,10H2,1-3H3. The predicted octanol–water partition coefficient (Wildman–Crippen LogP) is 4.51. The summed E-state index contributed by atoms with van der Waals surface area (Å²) in [5, 5.41) is 3.56.